The molecule has 14 heavy (non-hydrogen) atoms. The topological polar surface area (TPSA) is 76.2 Å². The van der Waals surface area contributed by atoms with E-state index in [4.69, 9.17) is 21.2 Å². The van der Waals surface area contributed by atoms with Gasteiger partial charge in [0.25, 0.3) is 5.71 Å². The zero-order valence-corrected chi connectivity index (χ0v) is 7.87. The number of carboxylic acids is 1. The number of aryl methyl sites for hydroxylation is 1. The Labute approximate surface area is 83.3 Å². The molecule has 0 bridgehead atoms. The maximum absolute atomic E-state index is 10.9. The maximum Gasteiger partial charge on any atom is 0.336 e. The number of hydrogen-bond acceptors (Lipinski definition) is 4. The first-order chi connectivity index (χ1) is 6.59. The van der Waals surface area contributed by atoms with E-state index in [0.717, 1.165) is 0 Å². The van der Waals surface area contributed by atoms with E-state index in [1.807, 2.05) is 0 Å². The first kappa shape index (κ1) is 8.96. The van der Waals surface area contributed by atoms with Gasteiger partial charge in [-0.05, 0) is 13.0 Å². The van der Waals surface area contributed by atoms with Gasteiger partial charge in [0.1, 0.15) is 5.15 Å². The number of nitrogens with zero attached hydrogens (tertiary/aromatic N) is 2. The minimum absolute atomic E-state index is 0.0544. The predicted octanol–water partition coefficient (Wildman–Crippen LogP) is 1.88. The molecule has 0 amide bonds. The Morgan fingerprint density at radius 3 is 3.00 bits per heavy atom. The number of aromatic nitrogens is 2. The summed E-state index contributed by atoms with van der Waals surface area (Å²) in [6.07, 6.45) is 0. The van der Waals surface area contributed by atoms with E-state index in [1.54, 1.807) is 6.92 Å². The van der Waals surface area contributed by atoms with Gasteiger partial charge in [-0.25, -0.2) is 4.79 Å². The molecule has 0 aliphatic rings. The first-order valence-electron chi connectivity index (χ1n) is 3.75. The van der Waals surface area contributed by atoms with Crippen LogP contribution in [0.15, 0.2) is 10.6 Å². The van der Waals surface area contributed by atoms with Gasteiger partial charge in [0.2, 0.25) is 0 Å². The number of aromatic carboxylic acids is 1. The molecular weight excluding hydrogens is 208 g/mol. The molecule has 0 aliphatic carbocycles. The summed E-state index contributed by atoms with van der Waals surface area (Å²) in [6.45, 7) is 1.65. The molecule has 2 aromatic heterocycles. The van der Waals surface area contributed by atoms with Crippen LogP contribution in [-0.4, -0.2) is 21.2 Å². The third-order valence-electron chi connectivity index (χ3n) is 1.82. The number of halogens is 1. The lowest BCUT2D eigenvalue weighted by atomic mass is 10.1. The number of carboxylic acid groups (broad SMARTS) is 1. The lowest BCUT2D eigenvalue weighted by molar-refractivity contribution is 0.0699. The van der Waals surface area contributed by atoms with Crippen molar-refractivity contribution in [3.63, 3.8) is 0 Å². The maximum atomic E-state index is 10.9. The van der Waals surface area contributed by atoms with Gasteiger partial charge in [-0.1, -0.05) is 16.8 Å². The number of carbonyl (C=O) groups is 1. The van der Waals surface area contributed by atoms with Crippen LogP contribution in [0.5, 0.6) is 0 Å². The van der Waals surface area contributed by atoms with Crippen LogP contribution in [0.4, 0.5) is 0 Å². The fraction of sp³-hybridized carbons (Fsp3) is 0.125. The molecule has 0 unspecified atom stereocenters. The van der Waals surface area contributed by atoms with Gasteiger partial charge < -0.3 is 9.63 Å². The van der Waals surface area contributed by atoms with Gasteiger partial charge in [-0.3, -0.25) is 0 Å². The molecule has 6 heteroatoms. The molecule has 2 rings (SSSR count). The van der Waals surface area contributed by atoms with Crippen molar-refractivity contribution in [2.45, 2.75) is 6.92 Å². The first-order valence-corrected chi connectivity index (χ1v) is 4.13. The Balaban J connectivity index is 2.90. The Morgan fingerprint density at radius 1 is 1.64 bits per heavy atom. The predicted molar refractivity (Wildman–Crippen MR) is 48.5 cm³/mol. The van der Waals surface area contributed by atoms with Gasteiger partial charge in [0.05, 0.1) is 16.6 Å². The minimum atomic E-state index is -1.08. The molecule has 1 N–H and O–H groups in total. The highest BCUT2D eigenvalue weighted by molar-refractivity contribution is 6.30. The smallest absolute Gasteiger partial charge is 0.336 e. The second kappa shape index (κ2) is 2.95. The van der Waals surface area contributed by atoms with Crippen molar-refractivity contribution < 1.29 is 14.4 Å². The number of rotatable bonds is 1. The SMILES string of the molecule is Cc1noc2nc(Cl)cc(C(=O)O)c12. The summed E-state index contributed by atoms with van der Waals surface area (Å²) in [5, 5.41) is 13.0. The fourth-order valence-electron chi connectivity index (χ4n) is 1.23. The molecule has 72 valence electrons. The van der Waals surface area contributed by atoms with Crippen molar-refractivity contribution in [2.75, 3.05) is 0 Å². The fourth-order valence-corrected chi connectivity index (χ4v) is 1.42. The zero-order chi connectivity index (χ0) is 10.3. The molecule has 0 aromatic carbocycles. The van der Waals surface area contributed by atoms with Gasteiger partial charge in [0, 0.05) is 0 Å². The zero-order valence-electron chi connectivity index (χ0n) is 7.11. The van der Waals surface area contributed by atoms with Crippen LogP contribution in [-0.2, 0) is 0 Å². The highest BCUT2D eigenvalue weighted by Gasteiger charge is 2.16. The van der Waals surface area contributed by atoms with E-state index >= 15 is 0 Å². The third-order valence-corrected chi connectivity index (χ3v) is 2.01. The van der Waals surface area contributed by atoms with Crippen molar-refractivity contribution in [1.82, 2.24) is 10.1 Å². The number of hydrogen-bond donors (Lipinski definition) is 1. The van der Waals surface area contributed by atoms with Gasteiger partial charge in [-0.2, -0.15) is 4.98 Å². The van der Waals surface area contributed by atoms with E-state index in [-0.39, 0.29) is 16.4 Å². The molecule has 0 radical (unpaired) electrons. The average Bonchev–Trinajstić information content (AvgIpc) is 2.46. The summed E-state index contributed by atoms with van der Waals surface area (Å²) in [5.41, 5.74) is 0.688. The Morgan fingerprint density at radius 2 is 2.36 bits per heavy atom. The Hall–Kier alpha value is -1.62. The molecule has 0 spiro atoms. The van der Waals surface area contributed by atoms with Crippen molar-refractivity contribution in [2.24, 2.45) is 0 Å². The molecule has 0 atom stereocenters. The molecule has 0 saturated carbocycles. The Kier molecular flexibility index (Phi) is 1.89. The summed E-state index contributed by atoms with van der Waals surface area (Å²) in [7, 11) is 0. The van der Waals surface area contributed by atoms with Crippen LogP contribution in [0.2, 0.25) is 5.15 Å². The quantitative estimate of drug-likeness (QED) is 0.731. The van der Waals surface area contributed by atoms with Crippen LogP contribution in [0.1, 0.15) is 16.1 Å². The van der Waals surface area contributed by atoms with Crippen LogP contribution in [0.3, 0.4) is 0 Å². The van der Waals surface area contributed by atoms with Crippen LogP contribution in [0, 0.1) is 6.92 Å². The molecule has 0 aliphatic heterocycles. The molecule has 2 aromatic rings. The standard InChI is InChI=1S/C8H5ClN2O3/c1-3-6-4(8(12)13)2-5(9)10-7(6)14-11-3/h2H,1H3,(H,12,13). The lowest BCUT2D eigenvalue weighted by Gasteiger charge is -1.96. The largest absolute Gasteiger partial charge is 0.478 e. The molecular formula is C8H5ClN2O3. The van der Waals surface area contributed by atoms with Gasteiger partial charge >= 0.3 is 5.97 Å². The highest BCUT2D eigenvalue weighted by Crippen LogP contribution is 2.23. The summed E-state index contributed by atoms with van der Waals surface area (Å²) in [6, 6.07) is 1.27. The van der Waals surface area contributed by atoms with E-state index in [0.29, 0.717) is 11.1 Å². The summed E-state index contributed by atoms with van der Waals surface area (Å²) >= 11 is 5.61. The summed E-state index contributed by atoms with van der Waals surface area (Å²) < 4.78 is 4.81. The lowest BCUT2D eigenvalue weighted by Crippen LogP contribution is -1.98. The molecule has 0 saturated heterocycles. The van der Waals surface area contributed by atoms with Crippen molar-refractivity contribution in [1.29, 1.82) is 0 Å². The third kappa shape index (κ3) is 1.22. The van der Waals surface area contributed by atoms with Gasteiger partial charge in [-0.15, -0.1) is 0 Å². The highest BCUT2D eigenvalue weighted by atomic mass is 35.5. The monoisotopic (exact) mass is 212 g/mol. The normalized spacial score (nSPS) is 10.7. The number of fused-ring (bicyclic) bond motifs is 1. The van der Waals surface area contributed by atoms with E-state index in [2.05, 4.69) is 10.1 Å². The summed E-state index contributed by atoms with van der Waals surface area (Å²) in [4.78, 5) is 14.7. The van der Waals surface area contributed by atoms with Crippen molar-refractivity contribution >= 4 is 28.7 Å². The minimum Gasteiger partial charge on any atom is -0.478 e. The molecule has 5 nitrogen and oxygen atoms in total. The van der Waals surface area contributed by atoms with Gasteiger partial charge in [0.15, 0.2) is 0 Å². The number of pyridine rings is 1. The van der Waals surface area contributed by atoms with Crippen LogP contribution < -0.4 is 0 Å². The van der Waals surface area contributed by atoms with Crippen LogP contribution in [0.25, 0.3) is 11.1 Å². The second-order valence-electron chi connectivity index (χ2n) is 2.75. The van der Waals surface area contributed by atoms with Crippen LogP contribution >= 0.6 is 11.6 Å². The van der Waals surface area contributed by atoms with E-state index in [1.165, 1.54) is 6.07 Å². The van der Waals surface area contributed by atoms with Crippen molar-refractivity contribution in [3.8, 4) is 0 Å². The second-order valence-corrected chi connectivity index (χ2v) is 3.13. The van der Waals surface area contributed by atoms with E-state index < -0.39 is 5.97 Å². The average molecular weight is 213 g/mol. The van der Waals surface area contributed by atoms with Crippen molar-refractivity contribution in [3.05, 3.63) is 22.5 Å². The van der Waals surface area contributed by atoms with E-state index in [9.17, 15) is 4.79 Å². The molecule has 0 fully saturated rings. The summed E-state index contributed by atoms with van der Waals surface area (Å²) in [5.74, 6) is -1.08. The molecule has 2 heterocycles. The Bertz CT molecular complexity index is 521.